The monoisotopic (exact) mass is 236 g/mol. The summed E-state index contributed by atoms with van der Waals surface area (Å²) in [6, 6.07) is 5.53. The minimum Gasteiger partial charge on any atom is -0.496 e. The van der Waals surface area contributed by atoms with E-state index in [1.165, 1.54) is 0 Å². The van der Waals surface area contributed by atoms with Gasteiger partial charge in [-0.3, -0.25) is 4.79 Å². The number of carbonyl (C=O) groups is 1. The van der Waals surface area contributed by atoms with Crippen LogP contribution in [0.1, 0.15) is 17.0 Å². The fourth-order valence-electron chi connectivity index (χ4n) is 2.16. The van der Waals surface area contributed by atoms with E-state index in [4.69, 9.17) is 9.47 Å². The van der Waals surface area contributed by atoms with Crippen LogP contribution in [0.3, 0.4) is 0 Å². The van der Waals surface area contributed by atoms with Gasteiger partial charge in [-0.05, 0) is 24.1 Å². The van der Waals surface area contributed by atoms with Crippen molar-refractivity contribution in [3.8, 4) is 5.75 Å². The van der Waals surface area contributed by atoms with E-state index in [1.54, 1.807) is 7.11 Å². The molecule has 1 aliphatic rings. The fourth-order valence-corrected chi connectivity index (χ4v) is 2.16. The summed E-state index contributed by atoms with van der Waals surface area (Å²) in [7, 11) is 1.61. The number of aliphatic carboxylic acids is 1. The molecule has 1 aromatic carbocycles. The Kier molecular flexibility index (Phi) is 3.33. The lowest BCUT2D eigenvalue weighted by atomic mass is 9.84. The van der Waals surface area contributed by atoms with E-state index in [0.29, 0.717) is 13.2 Å². The van der Waals surface area contributed by atoms with Gasteiger partial charge in [-0.2, -0.15) is 0 Å². The molecular weight excluding hydrogens is 220 g/mol. The van der Waals surface area contributed by atoms with Crippen LogP contribution < -0.4 is 4.74 Å². The predicted octanol–water partition coefficient (Wildman–Crippen LogP) is 1.82. The van der Waals surface area contributed by atoms with Crippen LogP contribution in [0.2, 0.25) is 0 Å². The topological polar surface area (TPSA) is 55.8 Å². The molecule has 1 unspecified atom stereocenters. The molecule has 1 aliphatic heterocycles. The molecular formula is C13H16O4. The van der Waals surface area contributed by atoms with E-state index >= 15 is 0 Å². The number of rotatable bonds is 4. The van der Waals surface area contributed by atoms with Crippen LogP contribution in [0.4, 0.5) is 0 Å². The molecule has 0 bridgehead atoms. The predicted molar refractivity (Wildman–Crippen MR) is 62.4 cm³/mol. The molecule has 0 radical (unpaired) electrons. The van der Waals surface area contributed by atoms with Gasteiger partial charge >= 0.3 is 5.97 Å². The van der Waals surface area contributed by atoms with Crippen LogP contribution in [-0.2, 0) is 9.53 Å². The Bertz CT molecular complexity index is 423. The second kappa shape index (κ2) is 4.75. The molecule has 4 nitrogen and oxygen atoms in total. The molecule has 4 heteroatoms. The summed E-state index contributed by atoms with van der Waals surface area (Å²) in [6.07, 6.45) is 0. The molecule has 92 valence electrons. The van der Waals surface area contributed by atoms with Crippen LogP contribution >= 0.6 is 0 Å². The fraction of sp³-hybridized carbons (Fsp3) is 0.462. The van der Waals surface area contributed by atoms with Gasteiger partial charge in [0.2, 0.25) is 0 Å². The number of hydrogen-bond acceptors (Lipinski definition) is 3. The van der Waals surface area contributed by atoms with E-state index in [2.05, 4.69) is 0 Å². The number of benzene rings is 1. The summed E-state index contributed by atoms with van der Waals surface area (Å²) in [5.74, 6) is -0.403. The molecule has 2 rings (SSSR count). The van der Waals surface area contributed by atoms with Gasteiger partial charge in [-0.15, -0.1) is 0 Å². The molecule has 17 heavy (non-hydrogen) atoms. The summed E-state index contributed by atoms with van der Waals surface area (Å²) >= 11 is 0. The molecule has 0 aromatic heterocycles. The first-order valence-electron chi connectivity index (χ1n) is 5.58. The Morgan fingerprint density at radius 1 is 1.53 bits per heavy atom. The lowest BCUT2D eigenvalue weighted by Crippen LogP contribution is -2.36. The first-order valence-corrected chi connectivity index (χ1v) is 5.58. The van der Waals surface area contributed by atoms with Crippen molar-refractivity contribution >= 4 is 5.97 Å². The maximum Gasteiger partial charge on any atom is 0.311 e. The van der Waals surface area contributed by atoms with E-state index in [0.717, 1.165) is 16.9 Å². The van der Waals surface area contributed by atoms with Crippen LogP contribution in [-0.4, -0.2) is 31.4 Å². The highest BCUT2D eigenvalue weighted by Gasteiger charge is 2.35. The smallest absolute Gasteiger partial charge is 0.311 e. The van der Waals surface area contributed by atoms with E-state index < -0.39 is 11.9 Å². The summed E-state index contributed by atoms with van der Waals surface area (Å²) in [5, 5.41) is 9.29. The molecule has 1 aromatic rings. The molecule has 0 spiro atoms. The van der Waals surface area contributed by atoms with Crippen LogP contribution in [0.15, 0.2) is 18.2 Å². The van der Waals surface area contributed by atoms with Crippen molar-refractivity contribution in [3.63, 3.8) is 0 Å². The number of carboxylic acid groups (broad SMARTS) is 1. The third-order valence-corrected chi connectivity index (χ3v) is 3.18. The van der Waals surface area contributed by atoms with E-state index in [1.807, 2.05) is 25.1 Å². The Balaban J connectivity index is 2.29. The summed E-state index contributed by atoms with van der Waals surface area (Å²) < 4.78 is 10.2. The minimum absolute atomic E-state index is 0.0836. The average Bonchev–Trinajstić information content (AvgIpc) is 2.22. The number of hydrogen-bond donors (Lipinski definition) is 1. The highest BCUT2D eigenvalue weighted by atomic mass is 16.5. The van der Waals surface area contributed by atoms with Gasteiger partial charge in [0.15, 0.2) is 0 Å². The molecule has 1 N–H and O–H groups in total. The highest BCUT2D eigenvalue weighted by Crippen LogP contribution is 2.32. The van der Waals surface area contributed by atoms with Crippen molar-refractivity contribution in [3.05, 3.63) is 29.3 Å². The third-order valence-electron chi connectivity index (χ3n) is 3.18. The third kappa shape index (κ3) is 2.26. The van der Waals surface area contributed by atoms with Gasteiger partial charge in [-0.25, -0.2) is 0 Å². The Labute approximate surface area is 100 Å². The second-order valence-corrected chi connectivity index (χ2v) is 4.34. The quantitative estimate of drug-likeness (QED) is 0.866. The van der Waals surface area contributed by atoms with Gasteiger partial charge in [0, 0.05) is 5.92 Å². The standard InChI is InChI=1S/C13H16O4/c1-8-5-9(3-4-11(8)16-2)12(13(14)15)10-6-17-7-10/h3-5,10,12H,6-7H2,1-2H3,(H,14,15). The average molecular weight is 236 g/mol. The van der Waals surface area contributed by atoms with Gasteiger partial charge in [0.1, 0.15) is 5.75 Å². The second-order valence-electron chi connectivity index (χ2n) is 4.34. The van der Waals surface area contributed by atoms with Gasteiger partial charge in [0.25, 0.3) is 0 Å². The minimum atomic E-state index is -0.789. The van der Waals surface area contributed by atoms with Crippen molar-refractivity contribution in [2.75, 3.05) is 20.3 Å². The van der Waals surface area contributed by atoms with Gasteiger partial charge < -0.3 is 14.6 Å². The summed E-state index contributed by atoms with van der Waals surface area (Å²) in [4.78, 5) is 11.3. The summed E-state index contributed by atoms with van der Waals surface area (Å²) in [5.41, 5.74) is 1.78. The first-order chi connectivity index (χ1) is 8.13. The lowest BCUT2D eigenvalue weighted by molar-refractivity contribution is -0.146. The number of ether oxygens (including phenoxy) is 2. The molecule has 1 saturated heterocycles. The van der Waals surface area contributed by atoms with Crippen LogP contribution in [0.5, 0.6) is 5.75 Å². The zero-order chi connectivity index (χ0) is 12.4. The zero-order valence-electron chi connectivity index (χ0n) is 9.97. The number of carboxylic acids is 1. The van der Waals surface area contributed by atoms with Crippen molar-refractivity contribution < 1.29 is 19.4 Å². The number of aryl methyl sites for hydroxylation is 1. The Morgan fingerprint density at radius 3 is 2.65 bits per heavy atom. The SMILES string of the molecule is COc1ccc(C(C(=O)O)C2COC2)cc1C. The molecule has 1 atom stereocenters. The van der Waals surface area contributed by atoms with Crippen molar-refractivity contribution in [1.29, 1.82) is 0 Å². The molecule has 1 fully saturated rings. The first kappa shape index (κ1) is 11.9. The largest absolute Gasteiger partial charge is 0.496 e. The van der Waals surface area contributed by atoms with Crippen LogP contribution in [0, 0.1) is 12.8 Å². The maximum absolute atomic E-state index is 11.3. The van der Waals surface area contributed by atoms with Crippen molar-refractivity contribution in [2.45, 2.75) is 12.8 Å². The van der Waals surface area contributed by atoms with Crippen molar-refractivity contribution in [1.82, 2.24) is 0 Å². The molecule has 1 heterocycles. The molecule has 0 amide bonds. The molecule has 0 saturated carbocycles. The summed E-state index contributed by atoms with van der Waals surface area (Å²) in [6.45, 7) is 2.97. The Hall–Kier alpha value is -1.55. The van der Waals surface area contributed by atoms with Gasteiger partial charge in [-0.1, -0.05) is 12.1 Å². The van der Waals surface area contributed by atoms with Crippen molar-refractivity contribution in [2.24, 2.45) is 5.92 Å². The Morgan fingerprint density at radius 2 is 2.24 bits per heavy atom. The highest BCUT2D eigenvalue weighted by molar-refractivity contribution is 5.77. The number of methoxy groups -OCH3 is 1. The lowest BCUT2D eigenvalue weighted by Gasteiger charge is -2.31. The zero-order valence-corrected chi connectivity index (χ0v) is 9.97. The van der Waals surface area contributed by atoms with E-state index in [9.17, 15) is 9.90 Å². The van der Waals surface area contributed by atoms with E-state index in [-0.39, 0.29) is 5.92 Å². The normalized spacial score (nSPS) is 17.3. The van der Waals surface area contributed by atoms with Gasteiger partial charge in [0.05, 0.1) is 26.2 Å². The maximum atomic E-state index is 11.3. The molecule has 0 aliphatic carbocycles. The van der Waals surface area contributed by atoms with Crippen LogP contribution in [0.25, 0.3) is 0 Å².